The largest absolute Gasteiger partial charge is 0.372 e. The number of benzene rings is 1. The maximum Gasteiger partial charge on any atom is 0.254 e. The summed E-state index contributed by atoms with van der Waals surface area (Å²) in [6.07, 6.45) is 8.31. The van der Waals surface area contributed by atoms with Crippen molar-refractivity contribution in [3.8, 4) is 0 Å². The second-order valence-electron chi connectivity index (χ2n) is 8.22. The number of carbonyl (C=O) groups is 2. The first-order valence-electron chi connectivity index (χ1n) is 10.1. The van der Waals surface area contributed by atoms with E-state index >= 15 is 0 Å². The number of anilines is 1. The average Bonchev–Trinajstić information content (AvgIpc) is 3.29. The van der Waals surface area contributed by atoms with Crippen LogP contribution in [0, 0.1) is 29.1 Å². The second kappa shape index (κ2) is 5.78. The van der Waals surface area contributed by atoms with Gasteiger partial charge in [0.15, 0.2) is 0 Å². The summed E-state index contributed by atoms with van der Waals surface area (Å²) in [5.74, 6) is -0.0855. The first-order valence-corrected chi connectivity index (χ1v) is 10.1. The van der Waals surface area contributed by atoms with Gasteiger partial charge in [0.05, 0.1) is 18.1 Å². The number of rotatable bonds is 5. The van der Waals surface area contributed by atoms with Gasteiger partial charge in [0.1, 0.15) is 0 Å². The summed E-state index contributed by atoms with van der Waals surface area (Å²) in [6, 6.07) is 8.07. The first-order chi connectivity index (χ1) is 13.1. The Labute approximate surface area is 159 Å². The van der Waals surface area contributed by atoms with Crippen LogP contribution < -0.4 is 4.90 Å². The number of carbonyl (C=O) groups excluding carboxylic acids is 2. The smallest absolute Gasteiger partial charge is 0.254 e. The average molecular weight is 363 g/mol. The highest BCUT2D eigenvalue weighted by atomic mass is 16.2. The van der Waals surface area contributed by atoms with E-state index in [2.05, 4.69) is 48.1 Å². The summed E-state index contributed by atoms with van der Waals surface area (Å²) in [4.78, 5) is 28.1. The topological polar surface area (TPSA) is 53.0 Å². The molecule has 5 rings (SSSR count). The lowest BCUT2D eigenvalue weighted by Gasteiger charge is -2.21. The maximum absolute atomic E-state index is 12.9. The van der Waals surface area contributed by atoms with Crippen LogP contribution in [0.25, 0.3) is 0 Å². The van der Waals surface area contributed by atoms with Gasteiger partial charge in [-0.3, -0.25) is 9.59 Å². The molecule has 5 heteroatoms. The number of imide groups is 1. The Bertz CT molecular complexity index is 815. The molecule has 1 aromatic carbocycles. The van der Waals surface area contributed by atoms with Gasteiger partial charge >= 0.3 is 0 Å². The van der Waals surface area contributed by atoms with Crippen molar-refractivity contribution in [2.45, 2.75) is 26.7 Å². The quantitative estimate of drug-likeness (QED) is 0.459. The van der Waals surface area contributed by atoms with E-state index in [1.54, 1.807) is 6.21 Å². The zero-order chi connectivity index (χ0) is 18.8. The predicted molar refractivity (Wildman–Crippen MR) is 104 cm³/mol. The molecule has 0 aromatic heterocycles. The number of nitrogens with zero attached hydrogens (tertiary/aromatic N) is 3. The Morgan fingerprint density at radius 3 is 2.07 bits per heavy atom. The molecule has 3 fully saturated rings. The molecule has 1 heterocycles. The summed E-state index contributed by atoms with van der Waals surface area (Å²) in [5, 5.41) is 5.42. The molecule has 1 spiro atoms. The summed E-state index contributed by atoms with van der Waals surface area (Å²) in [5.41, 5.74) is 2.29. The third kappa shape index (κ3) is 2.20. The van der Waals surface area contributed by atoms with Gasteiger partial charge in [-0.1, -0.05) is 24.3 Å². The molecule has 2 saturated carbocycles. The Balaban J connectivity index is 1.34. The molecule has 1 saturated heterocycles. The highest BCUT2D eigenvalue weighted by molar-refractivity contribution is 6.07. The van der Waals surface area contributed by atoms with Crippen molar-refractivity contribution in [1.82, 2.24) is 5.01 Å². The van der Waals surface area contributed by atoms with E-state index in [1.165, 1.54) is 0 Å². The van der Waals surface area contributed by atoms with Crippen LogP contribution in [0.3, 0.4) is 0 Å². The van der Waals surface area contributed by atoms with Gasteiger partial charge in [0.2, 0.25) is 0 Å². The molecule has 1 aromatic rings. The van der Waals surface area contributed by atoms with Crippen molar-refractivity contribution in [1.29, 1.82) is 0 Å². The lowest BCUT2D eigenvalue weighted by molar-refractivity contribution is -0.141. The molecule has 0 N–H and O–H groups in total. The van der Waals surface area contributed by atoms with Crippen molar-refractivity contribution in [3.63, 3.8) is 0 Å². The van der Waals surface area contributed by atoms with Crippen LogP contribution in [0.5, 0.6) is 0 Å². The van der Waals surface area contributed by atoms with E-state index in [-0.39, 0.29) is 40.9 Å². The summed E-state index contributed by atoms with van der Waals surface area (Å²) in [6.45, 7) is 6.19. The van der Waals surface area contributed by atoms with E-state index < -0.39 is 0 Å². The third-order valence-corrected chi connectivity index (χ3v) is 7.17. The van der Waals surface area contributed by atoms with Crippen LogP contribution in [0.2, 0.25) is 0 Å². The van der Waals surface area contributed by atoms with Crippen LogP contribution >= 0.6 is 0 Å². The van der Waals surface area contributed by atoms with Gasteiger partial charge in [-0.15, -0.1) is 0 Å². The molecule has 1 aliphatic heterocycles. The molecule has 4 atom stereocenters. The van der Waals surface area contributed by atoms with Gasteiger partial charge < -0.3 is 4.90 Å². The fraction of sp³-hybridized carbons (Fsp3) is 0.500. The number of fused-ring (bicyclic) bond motifs is 3. The summed E-state index contributed by atoms with van der Waals surface area (Å²) < 4.78 is 0. The number of amides is 2. The van der Waals surface area contributed by atoms with E-state index in [0.717, 1.165) is 42.2 Å². The minimum atomic E-state index is -0.183. The molecule has 140 valence electrons. The first kappa shape index (κ1) is 16.7. The molecule has 0 unspecified atom stereocenters. The molecule has 27 heavy (non-hydrogen) atoms. The molecule has 0 radical (unpaired) electrons. The van der Waals surface area contributed by atoms with Crippen LogP contribution in [-0.4, -0.2) is 36.1 Å². The SMILES string of the molecule is CCN(CC)c1ccc(/C=N\N2C(=O)[C@@H]3[C@H](C2=O)[C@@H]2C=C[C@@H]3C23CC3)cc1. The zero-order valence-electron chi connectivity index (χ0n) is 15.8. The zero-order valence-corrected chi connectivity index (χ0v) is 15.8. The summed E-state index contributed by atoms with van der Waals surface area (Å²) in [7, 11) is 0. The van der Waals surface area contributed by atoms with Crippen molar-refractivity contribution < 1.29 is 9.59 Å². The molecule has 4 aliphatic rings. The van der Waals surface area contributed by atoms with Crippen LogP contribution in [0.4, 0.5) is 5.69 Å². The van der Waals surface area contributed by atoms with Crippen molar-refractivity contribution in [3.05, 3.63) is 42.0 Å². The standard InChI is InChI=1S/C22H25N3O2/c1-3-24(4-2)15-7-5-14(6-8-15)13-23-25-20(26)18-16-9-10-17(19(18)21(25)27)22(16)11-12-22/h5-10,13,16-19H,3-4,11-12H2,1-2H3/b23-13-/t16-,17-,18-,19+/m0/s1. The Kier molecular flexibility index (Phi) is 3.58. The molecular weight excluding hydrogens is 338 g/mol. The molecule has 3 aliphatic carbocycles. The van der Waals surface area contributed by atoms with Crippen LogP contribution in [0.15, 0.2) is 41.5 Å². The number of hydrogen-bond acceptors (Lipinski definition) is 4. The lowest BCUT2D eigenvalue weighted by atomic mass is 9.85. The van der Waals surface area contributed by atoms with Crippen molar-refractivity contribution in [2.75, 3.05) is 18.0 Å². The van der Waals surface area contributed by atoms with E-state index in [0.29, 0.717) is 0 Å². The van der Waals surface area contributed by atoms with E-state index in [1.807, 2.05) is 12.1 Å². The van der Waals surface area contributed by atoms with Gasteiger partial charge in [0.25, 0.3) is 11.8 Å². The monoisotopic (exact) mass is 363 g/mol. The normalized spacial score (nSPS) is 32.1. The van der Waals surface area contributed by atoms with Crippen LogP contribution in [0.1, 0.15) is 32.3 Å². The molecule has 5 nitrogen and oxygen atoms in total. The van der Waals surface area contributed by atoms with Crippen molar-refractivity contribution in [2.24, 2.45) is 34.2 Å². The lowest BCUT2D eigenvalue weighted by Crippen LogP contribution is -2.30. The molecule has 2 amide bonds. The highest BCUT2D eigenvalue weighted by Crippen LogP contribution is 2.73. The van der Waals surface area contributed by atoms with Gasteiger partial charge in [-0.05, 0) is 61.6 Å². The Morgan fingerprint density at radius 2 is 1.59 bits per heavy atom. The fourth-order valence-corrected chi connectivity index (χ4v) is 5.66. The maximum atomic E-state index is 12.9. The second-order valence-corrected chi connectivity index (χ2v) is 8.22. The minimum absolute atomic E-state index is 0.107. The minimum Gasteiger partial charge on any atom is -0.372 e. The highest BCUT2D eigenvalue weighted by Gasteiger charge is 2.73. The third-order valence-electron chi connectivity index (χ3n) is 7.17. The number of hydrazone groups is 1. The predicted octanol–water partition coefficient (Wildman–Crippen LogP) is 3.06. The number of hydrogen-bond donors (Lipinski definition) is 0. The molecule has 2 bridgehead atoms. The van der Waals surface area contributed by atoms with Crippen molar-refractivity contribution >= 4 is 23.7 Å². The Hall–Kier alpha value is -2.43. The molecular formula is C22H25N3O2. The van der Waals surface area contributed by atoms with E-state index in [4.69, 9.17) is 0 Å². The number of allylic oxidation sites excluding steroid dienone is 2. The van der Waals surface area contributed by atoms with Gasteiger partial charge in [0, 0.05) is 18.8 Å². The Morgan fingerprint density at radius 1 is 1.04 bits per heavy atom. The van der Waals surface area contributed by atoms with Gasteiger partial charge in [-0.2, -0.15) is 10.1 Å². The van der Waals surface area contributed by atoms with Gasteiger partial charge in [-0.25, -0.2) is 0 Å². The summed E-state index contributed by atoms with van der Waals surface area (Å²) >= 11 is 0. The van der Waals surface area contributed by atoms with Crippen LogP contribution in [-0.2, 0) is 9.59 Å². The fourth-order valence-electron chi connectivity index (χ4n) is 5.66. The van der Waals surface area contributed by atoms with E-state index in [9.17, 15) is 9.59 Å².